The van der Waals surface area contributed by atoms with Crippen LogP contribution in [0.25, 0.3) is 0 Å². The Morgan fingerprint density at radius 2 is 1.60 bits per heavy atom. The maximum Gasteiger partial charge on any atom is 0.162 e. The average molecular weight is 485 g/mol. The highest BCUT2D eigenvalue weighted by Crippen LogP contribution is 2.29. The van der Waals surface area contributed by atoms with Crippen LogP contribution < -0.4 is 4.74 Å². The van der Waals surface area contributed by atoms with Gasteiger partial charge in [0.25, 0.3) is 0 Å². The van der Waals surface area contributed by atoms with E-state index in [1.165, 1.54) is 5.56 Å². The Kier molecular flexibility index (Phi) is 8.32. The van der Waals surface area contributed by atoms with Gasteiger partial charge in [0.05, 0.1) is 0 Å². The lowest BCUT2D eigenvalue weighted by Crippen LogP contribution is -1.95. The lowest BCUT2D eigenvalue weighted by molar-refractivity contribution is 0.289. The Morgan fingerprint density at radius 1 is 0.880 bits per heavy atom. The molecule has 0 saturated heterocycles. The van der Waals surface area contributed by atoms with E-state index in [2.05, 4.69) is 44.0 Å². The van der Waals surface area contributed by atoms with Crippen LogP contribution in [0, 0.1) is 0 Å². The fraction of sp³-hybridized carbons (Fsp3) is 0.100. The lowest BCUT2D eigenvalue weighted by Gasteiger charge is -2.08. The van der Waals surface area contributed by atoms with Crippen molar-refractivity contribution < 1.29 is 9.84 Å². The number of phenols is 1. The van der Waals surface area contributed by atoms with Crippen molar-refractivity contribution in [3.63, 3.8) is 0 Å². The summed E-state index contributed by atoms with van der Waals surface area (Å²) in [6.45, 7) is 0.366. The van der Waals surface area contributed by atoms with E-state index in [1.54, 1.807) is 18.2 Å². The SMILES string of the molecule is BrCc1ccccc1.Oc1ccc(Br)cc1OCc1cccc(Cl)c1. The molecule has 0 saturated carbocycles. The molecular weight excluding hydrogens is 467 g/mol. The van der Waals surface area contributed by atoms with Crippen molar-refractivity contribution in [2.45, 2.75) is 11.9 Å². The van der Waals surface area contributed by atoms with Gasteiger partial charge in [-0.15, -0.1) is 0 Å². The summed E-state index contributed by atoms with van der Waals surface area (Å²) in [6, 6.07) is 22.8. The zero-order valence-electron chi connectivity index (χ0n) is 13.3. The minimum atomic E-state index is 0.121. The normalized spacial score (nSPS) is 9.88. The molecule has 0 radical (unpaired) electrons. The molecule has 3 aromatic carbocycles. The zero-order chi connectivity index (χ0) is 18.1. The van der Waals surface area contributed by atoms with Crippen LogP contribution in [0.3, 0.4) is 0 Å². The average Bonchev–Trinajstić information content (AvgIpc) is 2.64. The minimum Gasteiger partial charge on any atom is -0.504 e. The van der Waals surface area contributed by atoms with E-state index in [0.29, 0.717) is 17.4 Å². The number of phenolic OH excluding ortho intramolecular Hbond substituents is 1. The van der Waals surface area contributed by atoms with Crippen molar-refractivity contribution in [1.29, 1.82) is 0 Å². The smallest absolute Gasteiger partial charge is 0.162 e. The quantitative estimate of drug-likeness (QED) is 0.405. The maximum absolute atomic E-state index is 9.60. The zero-order valence-corrected chi connectivity index (χ0v) is 17.3. The van der Waals surface area contributed by atoms with E-state index in [1.807, 2.05) is 42.5 Å². The predicted molar refractivity (Wildman–Crippen MR) is 111 cm³/mol. The molecule has 0 fully saturated rings. The van der Waals surface area contributed by atoms with Gasteiger partial charge in [0, 0.05) is 14.8 Å². The van der Waals surface area contributed by atoms with Gasteiger partial charge >= 0.3 is 0 Å². The number of aromatic hydroxyl groups is 1. The summed E-state index contributed by atoms with van der Waals surface area (Å²) in [5, 5.41) is 11.2. The number of benzene rings is 3. The van der Waals surface area contributed by atoms with Crippen molar-refractivity contribution in [1.82, 2.24) is 0 Å². The second-order valence-corrected chi connectivity index (χ2v) is 7.06. The highest BCUT2D eigenvalue weighted by molar-refractivity contribution is 9.10. The molecule has 2 nitrogen and oxygen atoms in total. The number of hydrogen-bond donors (Lipinski definition) is 1. The molecule has 0 unspecified atom stereocenters. The Labute approximate surface area is 169 Å². The summed E-state index contributed by atoms with van der Waals surface area (Å²) in [4.78, 5) is 0. The van der Waals surface area contributed by atoms with E-state index >= 15 is 0 Å². The Bertz CT molecular complexity index is 795. The molecule has 0 heterocycles. The van der Waals surface area contributed by atoms with Crippen molar-refractivity contribution >= 4 is 43.5 Å². The third-order valence-electron chi connectivity index (χ3n) is 3.20. The highest BCUT2D eigenvalue weighted by Gasteiger charge is 2.03. The molecular formula is C20H17Br2ClO2. The molecule has 0 bridgehead atoms. The summed E-state index contributed by atoms with van der Waals surface area (Å²) < 4.78 is 6.38. The molecule has 3 rings (SSSR count). The summed E-state index contributed by atoms with van der Waals surface area (Å²) in [5.74, 6) is 0.564. The van der Waals surface area contributed by atoms with Crippen LogP contribution in [0.2, 0.25) is 5.02 Å². The highest BCUT2D eigenvalue weighted by atomic mass is 79.9. The maximum atomic E-state index is 9.60. The standard InChI is InChI=1S/C13H10BrClO2.C7H7Br/c14-10-4-5-12(16)13(7-10)17-8-9-2-1-3-11(15)6-9;8-6-7-4-2-1-3-5-7/h1-7,16H,8H2;1-5H,6H2. The third-order valence-corrected chi connectivity index (χ3v) is 4.58. The van der Waals surface area contributed by atoms with Crippen molar-refractivity contribution in [3.8, 4) is 11.5 Å². The first-order valence-corrected chi connectivity index (χ1v) is 9.83. The Balaban J connectivity index is 0.000000236. The van der Waals surface area contributed by atoms with Gasteiger partial charge in [-0.1, -0.05) is 85.9 Å². The summed E-state index contributed by atoms with van der Waals surface area (Å²) in [7, 11) is 0. The van der Waals surface area contributed by atoms with Crippen LogP contribution in [0.5, 0.6) is 11.5 Å². The van der Waals surface area contributed by atoms with Gasteiger partial charge < -0.3 is 9.84 Å². The number of rotatable bonds is 4. The monoisotopic (exact) mass is 482 g/mol. The van der Waals surface area contributed by atoms with E-state index < -0.39 is 0 Å². The number of ether oxygens (including phenoxy) is 1. The molecule has 5 heteroatoms. The fourth-order valence-corrected chi connectivity index (χ4v) is 2.89. The van der Waals surface area contributed by atoms with Crippen LogP contribution in [0.15, 0.2) is 77.3 Å². The predicted octanol–water partition coefficient (Wildman–Crippen LogP) is 6.97. The van der Waals surface area contributed by atoms with Crippen LogP contribution in [0.1, 0.15) is 11.1 Å². The largest absolute Gasteiger partial charge is 0.504 e. The molecule has 25 heavy (non-hydrogen) atoms. The molecule has 0 atom stereocenters. The first kappa shape index (κ1) is 19.8. The van der Waals surface area contributed by atoms with Crippen molar-refractivity contribution in [2.24, 2.45) is 0 Å². The molecule has 0 spiro atoms. The van der Waals surface area contributed by atoms with Gasteiger partial charge in [-0.05, 0) is 41.5 Å². The molecule has 0 aliphatic rings. The van der Waals surface area contributed by atoms with Gasteiger partial charge in [0.2, 0.25) is 0 Å². The van der Waals surface area contributed by atoms with Gasteiger partial charge in [0.15, 0.2) is 11.5 Å². The summed E-state index contributed by atoms with van der Waals surface area (Å²) >= 11 is 12.6. The molecule has 0 aliphatic carbocycles. The number of halogens is 3. The van der Waals surface area contributed by atoms with Crippen molar-refractivity contribution in [2.75, 3.05) is 0 Å². The summed E-state index contributed by atoms with van der Waals surface area (Å²) in [5.41, 5.74) is 2.28. The molecule has 1 N–H and O–H groups in total. The van der Waals surface area contributed by atoms with Gasteiger partial charge in [-0.25, -0.2) is 0 Å². The Morgan fingerprint density at radius 3 is 2.24 bits per heavy atom. The van der Waals surface area contributed by atoms with E-state index in [4.69, 9.17) is 16.3 Å². The minimum absolute atomic E-state index is 0.121. The van der Waals surface area contributed by atoms with Crippen LogP contribution >= 0.6 is 43.5 Å². The van der Waals surface area contributed by atoms with Gasteiger partial charge in [0.1, 0.15) is 6.61 Å². The second kappa shape index (κ2) is 10.5. The van der Waals surface area contributed by atoms with Gasteiger partial charge in [-0.3, -0.25) is 0 Å². The van der Waals surface area contributed by atoms with Crippen molar-refractivity contribution in [3.05, 3.63) is 93.4 Å². The van der Waals surface area contributed by atoms with Crippen LogP contribution in [-0.2, 0) is 11.9 Å². The second-order valence-electron chi connectivity index (χ2n) is 5.15. The lowest BCUT2D eigenvalue weighted by atomic mass is 10.2. The van der Waals surface area contributed by atoms with E-state index in [0.717, 1.165) is 15.4 Å². The fourth-order valence-electron chi connectivity index (χ4n) is 1.96. The Hall–Kier alpha value is -1.49. The number of alkyl halides is 1. The molecule has 130 valence electrons. The van der Waals surface area contributed by atoms with E-state index in [-0.39, 0.29) is 5.75 Å². The van der Waals surface area contributed by atoms with Crippen LogP contribution in [0.4, 0.5) is 0 Å². The number of hydrogen-bond acceptors (Lipinski definition) is 2. The molecule has 0 amide bonds. The first-order valence-electron chi connectivity index (χ1n) is 7.54. The van der Waals surface area contributed by atoms with E-state index in [9.17, 15) is 5.11 Å². The first-order chi connectivity index (χ1) is 12.1. The third kappa shape index (κ3) is 7.10. The molecule has 0 aromatic heterocycles. The molecule has 0 aliphatic heterocycles. The summed E-state index contributed by atoms with van der Waals surface area (Å²) in [6.07, 6.45) is 0. The topological polar surface area (TPSA) is 29.5 Å². The van der Waals surface area contributed by atoms with Gasteiger partial charge in [-0.2, -0.15) is 0 Å². The molecule has 3 aromatic rings. The van der Waals surface area contributed by atoms with Crippen LogP contribution in [-0.4, -0.2) is 5.11 Å².